The van der Waals surface area contributed by atoms with Crippen LogP contribution in [0.5, 0.6) is 0 Å². The third kappa shape index (κ3) is 7.25. The summed E-state index contributed by atoms with van der Waals surface area (Å²) in [5.41, 5.74) is 1.23. The second-order valence-corrected chi connectivity index (χ2v) is 7.21. The molecule has 0 radical (unpaired) electrons. The fourth-order valence-corrected chi connectivity index (χ4v) is 2.35. The minimum absolute atomic E-state index is 0.160. The first-order valence-corrected chi connectivity index (χ1v) is 8.02. The Balaban J connectivity index is 2.39. The molecular weight excluding hydrogens is 264 g/mol. The molecule has 0 fully saturated rings. The van der Waals surface area contributed by atoms with E-state index in [0.29, 0.717) is 6.42 Å². The molecule has 0 aliphatic carbocycles. The van der Waals surface area contributed by atoms with Gasteiger partial charge in [0.05, 0.1) is 26.4 Å². The maximum Gasteiger partial charge on any atom is 0.265 e. The summed E-state index contributed by atoms with van der Waals surface area (Å²) >= 11 is 0. The molecule has 1 rings (SSSR count). The number of quaternary nitrogens is 1. The molecule has 108 valence electrons. The molecule has 0 aliphatic heterocycles. The van der Waals surface area contributed by atoms with Crippen molar-refractivity contribution in [1.82, 2.24) is 0 Å². The van der Waals surface area contributed by atoms with Crippen LogP contribution in [-0.4, -0.2) is 50.4 Å². The molecule has 19 heavy (non-hydrogen) atoms. The van der Waals surface area contributed by atoms with Crippen molar-refractivity contribution >= 4 is 10.1 Å². The zero-order chi connectivity index (χ0) is 14.5. The van der Waals surface area contributed by atoms with E-state index in [2.05, 4.69) is 37.7 Å². The van der Waals surface area contributed by atoms with Gasteiger partial charge in [-0.15, -0.1) is 0 Å². The van der Waals surface area contributed by atoms with Gasteiger partial charge in [0.25, 0.3) is 10.1 Å². The molecule has 5 nitrogen and oxygen atoms in total. The molecule has 0 saturated heterocycles. The fraction of sp³-hybridized carbons (Fsp3) is 0.615. The number of nitrogens with zero attached hydrogens (tertiary/aromatic N) is 2. The van der Waals surface area contributed by atoms with E-state index < -0.39 is 10.1 Å². The van der Waals surface area contributed by atoms with E-state index in [9.17, 15) is 8.42 Å². The van der Waals surface area contributed by atoms with Gasteiger partial charge in [0.2, 0.25) is 0 Å². The Bertz CT molecular complexity index is 495. The fourth-order valence-electron chi connectivity index (χ4n) is 1.85. The van der Waals surface area contributed by atoms with Gasteiger partial charge >= 0.3 is 0 Å². The van der Waals surface area contributed by atoms with Crippen molar-refractivity contribution in [2.45, 2.75) is 19.9 Å². The van der Waals surface area contributed by atoms with Gasteiger partial charge < -0.3 is 4.48 Å². The molecule has 0 saturated carbocycles. The van der Waals surface area contributed by atoms with E-state index >= 15 is 0 Å². The molecule has 0 amide bonds. The average Bonchev–Trinajstić information content (AvgIpc) is 2.26. The lowest BCUT2D eigenvalue weighted by molar-refractivity contribution is -0.909. The van der Waals surface area contributed by atoms with Gasteiger partial charge in [-0.1, -0.05) is 0 Å². The summed E-state index contributed by atoms with van der Waals surface area (Å²) in [6.45, 7) is 4.59. The monoisotopic (exact) mass is 288 g/mol. The van der Waals surface area contributed by atoms with Gasteiger partial charge in [0.15, 0.2) is 18.9 Å². The first-order chi connectivity index (χ1) is 8.68. The molecule has 1 aromatic heterocycles. The summed E-state index contributed by atoms with van der Waals surface area (Å²) < 4.78 is 32.9. The molecular formula is C13H24N2O3S+2. The lowest BCUT2D eigenvalue weighted by Crippen LogP contribution is -2.48. The lowest BCUT2D eigenvalue weighted by Gasteiger charge is -2.28. The highest BCUT2D eigenvalue weighted by molar-refractivity contribution is 7.85. The summed E-state index contributed by atoms with van der Waals surface area (Å²) in [4.78, 5) is 0. The number of likely N-dealkylation sites (N-methyl/N-ethyl adjacent to an activating group) is 1. The van der Waals surface area contributed by atoms with E-state index in [0.717, 1.165) is 24.1 Å². The molecule has 0 aliphatic rings. The predicted molar refractivity (Wildman–Crippen MR) is 74.2 cm³/mol. The Kier molecular flexibility index (Phi) is 5.46. The van der Waals surface area contributed by atoms with E-state index in [1.54, 1.807) is 0 Å². The lowest BCUT2D eigenvalue weighted by atomic mass is 10.3. The van der Waals surface area contributed by atoms with Gasteiger partial charge in [0, 0.05) is 18.6 Å². The maximum absolute atomic E-state index is 10.7. The zero-order valence-corrected chi connectivity index (χ0v) is 12.7. The number of aromatic nitrogens is 1. The van der Waals surface area contributed by atoms with Crippen molar-refractivity contribution < 1.29 is 22.0 Å². The van der Waals surface area contributed by atoms with Crippen molar-refractivity contribution in [1.29, 1.82) is 0 Å². The topological polar surface area (TPSA) is 58.2 Å². The van der Waals surface area contributed by atoms with Crippen molar-refractivity contribution in [3.05, 3.63) is 30.1 Å². The molecule has 0 unspecified atom stereocenters. The van der Waals surface area contributed by atoms with Gasteiger partial charge in [-0.05, 0) is 12.5 Å². The Morgan fingerprint density at radius 2 is 1.79 bits per heavy atom. The largest absolute Gasteiger partial charge is 0.323 e. The van der Waals surface area contributed by atoms with Gasteiger partial charge in [-0.2, -0.15) is 13.0 Å². The first kappa shape index (κ1) is 16.1. The van der Waals surface area contributed by atoms with Crippen LogP contribution >= 0.6 is 0 Å². The van der Waals surface area contributed by atoms with Gasteiger partial charge in [0.1, 0.15) is 6.54 Å². The Labute approximate surface area is 115 Å². The summed E-state index contributed by atoms with van der Waals surface area (Å²) in [6, 6.07) is 4.14. The molecule has 0 bridgehead atoms. The third-order valence-electron chi connectivity index (χ3n) is 3.19. The Morgan fingerprint density at radius 3 is 2.32 bits per heavy atom. The number of hydrogen-bond acceptors (Lipinski definition) is 2. The van der Waals surface area contributed by atoms with Crippen LogP contribution in [0.25, 0.3) is 0 Å². The molecule has 0 atom stereocenters. The van der Waals surface area contributed by atoms with Crippen molar-refractivity contribution in [3.8, 4) is 0 Å². The highest BCUT2D eigenvalue weighted by atomic mass is 32.2. The average molecular weight is 288 g/mol. The van der Waals surface area contributed by atoms with Gasteiger partial charge in [-0.3, -0.25) is 4.55 Å². The molecule has 1 aromatic rings. The maximum atomic E-state index is 10.7. The SMILES string of the molecule is Cc1cc[n+](CC[N+](C)(C)CCCS(=O)(=O)O)cc1. The van der Waals surface area contributed by atoms with E-state index in [-0.39, 0.29) is 5.75 Å². The smallest absolute Gasteiger partial charge is 0.265 e. The second kappa shape index (κ2) is 6.45. The summed E-state index contributed by atoms with van der Waals surface area (Å²) in [5.74, 6) is -0.160. The molecule has 1 N–H and O–H groups in total. The third-order valence-corrected chi connectivity index (χ3v) is 3.99. The highest BCUT2D eigenvalue weighted by Crippen LogP contribution is 2.01. The van der Waals surface area contributed by atoms with E-state index in [4.69, 9.17) is 4.55 Å². The van der Waals surface area contributed by atoms with E-state index in [1.165, 1.54) is 5.56 Å². The number of aryl methyl sites for hydroxylation is 1. The summed E-state index contributed by atoms with van der Waals surface area (Å²) in [5, 5.41) is 0. The minimum atomic E-state index is -3.83. The Hall–Kier alpha value is -0.980. The summed E-state index contributed by atoms with van der Waals surface area (Å²) in [7, 11) is 0.303. The van der Waals surface area contributed by atoms with Crippen molar-refractivity contribution in [3.63, 3.8) is 0 Å². The molecule has 0 aromatic carbocycles. The second-order valence-electron chi connectivity index (χ2n) is 5.64. The van der Waals surface area contributed by atoms with Crippen LogP contribution in [0, 0.1) is 6.92 Å². The Morgan fingerprint density at radius 1 is 1.21 bits per heavy atom. The summed E-state index contributed by atoms with van der Waals surface area (Å²) in [6.07, 6.45) is 4.57. The van der Waals surface area contributed by atoms with E-state index in [1.807, 2.05) is 12.4 Å². The standard InChI is InChI=1S/C13H23N2O3S/c1-13-5-7-14(8-6-13)9-11-15(2,3)10-4-12-19(16,17)18/h5-8H,4,9-12H2,1-3H3/q+1/p+1. The van der Waals surface area contributed by atoms with Crippen LogP contribution in [0.4, 0.5) is 0 Å². The van der Waals surface area contributed by atoms with Crippen LogP contribution in [-0.2, 0) is 16.7 Å². The van der Waals surface area contributed by atoms with Crippen LogP contribution in [0.15, 0.2) is 24.5 Å². The quantitative estimate of drug-likeness (QED) is 0.455. The van der Waals surface area contributed by atoms with Crippen LogP contribution < -0.4 is 4.57 Å². The zero-order valence-electron chi connectivity index (χ0n) is 11.9. The minimum Gasteiger partial charge on any atom is -0.323 e. The number of hydrogen-bond donors (Lipinski definition) is 1. The molecule has 6 heteroatoms. The predicted octanol–water partition coefficient (Wildman–Crippen LogP) is 0.637. The molecule has 1 heterocycles. The first-order valence-electron chi connectivity index (χ1n) is 6.41. The number of rotatable bonds is 7. The normalized spacial score (nSPS) is 12.6. The van der Waals surface area contributed by atoms with Crippen LogP contribution in [0.3, 0.4) is 0 Å². The van der Waals surface area contributed by atoms with Crippen LogP contribution in [0.1, 0.15) is 12.0 Å². The van der Waals surface area contributed by atoms with Crippen LogP contribution in [0.2, 0.25) is 0 Å². The van der Waals surface area contributed by atoms with Gasteiger partial charge in [-0.25, -0.2) is 0 Å². The molecule has 0 spiro atoms. The van der Waals surface area contributed by atoms with Crippen molar-refractivity contribution in [2.24, 2.45) is 0 Å². The number of pyridine rings is 1. The highest BCUT2D eigenvalue weighted by Gasteiger charge is 2.18. The van der Waals surface area contributed by atoms with Crippen molar-refractivity contribution in [2.75, 3.05) is 32.9 Å².